The van der Waals surface area contributed by atoms with E-state index in [4.69, 9.17) is 9.47 Å². The van der Waals surface area contributed by atoms with E-state index in [1.165, 1.54) is 19.4 Å². The van der Waals surface area contributed by atoms with Crippen molar-refractivity contribution in [1.82, 2.24) is 0 Å². The number of hydrogen-bond acceptors (Lipinski definition) is 4. The van der Waals surface area contributed by atoms with Gasteiger partial charge < -0.3 is 9.47 Å². The minimum Gasteiger partial charge on any atom is -0.462 e. The summed E-state index contributed by atoms with van der Waals surface area (Å²) in [5, 5.41) is 0. The van der Waals surface area contributed by atoms with Crippen molar-refractivity contribution in [1.29, 1.82) is 0 Å². The Labute approximate surface area is 109 Å². The second kappa shape index (κ2) is 9.45. The summed E-state index contributed by atoms with van der Waals surface area (Å²) in [6.45, 7) is 7.40. The van der Waals surface area contributed by atoms with E-state index in [-0.39, 0.29) is 11.9 Å². The Balaban J connectivity index is 3.83. The Morgan fingerprint density at radius 3 is 2.06 bits per heavy atom. The number of allylic oxidation sites excluding steroid dienone is 2. The van der Waals surface area contributed by atoms with Gasteiger partial charge in [-0.2, -0.15) is 0 Å². The van der Waals surface area contributed by atoms with E-state index in [2.05, 4.69) is 0 Å². The highest BCUT2D eigenvalue weighted by Gasteiger charge is 1.95. The molecule has 0 aliphatic rings. The third-order valence-corrected chi connectivity index (χ3v) is 2.25. The lowest BCUT2D eigenvalue weighted by atomic mass is 10.1. The van der Waals surface area contributed by atoms with Gasteiger partial charge in [-0.1, -0.05) is 11.6 Å². The Kier molecular flexibility index (Phi) is 8.62. The smallest absolute Gasteiger partial charge is 0.302 e. The van der Waals surface area contributed by atoms with E-state index in [1.54, 1.807) is 0 Å². The minimum absolute atomic E-state index is 0.264. The van der Waals surface area contributed by atoms with Crippen molar-refractivity contribution < 1.29 is 19.1 Å². The number of carbonyl (C=O) groups is 2. The van der Waals surface area contributed by atoms with Crippen LogP contribution < -0.4 is 0 Å². The molecule has 0 spiro atoms. The molecule has 0 aromatic heterocycles. The molecule has 0 aliphatic heterocycles. The van der Waals surface area contributed by atoms with Crippen LogP contribution in [-0.4, -0.2) is 25.2 Å². The molecule has 0 radical (unpaired) electrons. The number of hydrogen-bond donors (Lipinski definition) is 0. The topological polar surface area (TPSA) is 52.6 Å². The van der Waals surface area contributed by atoms with Crippen molar-refractivity contribution in [3.05, 3.63) is 23.3 Å². The molecule has 0 fully saturated rings. The van der Waals surface area contributed by atoms with Gasteiger partial charge in [-0.3, -0.25) is 9.59 Å². The van der Waals surface area contributed by atoms with Crippen molar-refractivity contribution >= 4 is 11.9 Å². The Morgan fingerprint density at radius 2 is 1.50 bits per heavy atom. The zero-order chi connectivity index (χ0) is 14.0. The maximum Gasteiger partial charge on any atom is 0.302 e. The average molecular weight is 254 g/mol. The van der Waals surface area contributed by atoms with Crippen molar-refractivity contribution in [3.63, 3.8) is 0 Å². The first kappa shape index (κ1) is 16.4. The van der Waals surface area contributed by atoms with E-state index in [0.717, 1.165) is 18.4 Å². The number of ether oxygens (including phenoxy) is 2. The average Bonchev–Trinajstić information content (AvgIpc) is 2.25. The summed E-state index contributed by atoms with van der Waals surface area (Å²) in [4.78, 5) is 21.2. The lowest BCUT2D eigenvalue weighted by Crippen LogP contribution is -2.01. The van der Waals surface area contributed by atoms with Gasteiger partial charge in [0.1, 0.15) is 13.2 Å². The molecule has 0 saturated carbocycles. The summed E-state index contributed by atoms with van der Waals surface area (Å²) in [6, 6.07) is 0. The number of carbonyl (C=O) groups excluding carboxylic acids is 2. The van der Waals surface area contributed by atoms with Crippen LogP contribution in [0.3, 0.4) is 0 Å². The first-order valence-electron chi connectivity index (χ1n) is 5.99. The van der Waals surface area contributed by atoms with Crippen LogP contribution in [0.5, 0.6) is 0 Å². The third kappa shape index (κ3) is 10.9. The van der Waals surface area contributed by atoms with Gasteiger partial charge in [0.2, 0.25) is 0 Å². The SMILES string of the molecule is CC(=O)OC/C=C(\C)CC/C=C(/C)COC(C)=O. The van der Waals surface area contributed by atoms with Gasteiger partial charge >= 0.3 is 11.9 Å². The van der Waals surface area contributed by atoms with Gasteiger partial charge in [0, 0.05) is 13.8 Å². The predicted molar refractivity (Wildman–Crippen MR) is 70.0 cm³/mol. The second-order valence-electron chi connectivity index (χ2n) is 4.22. The zero-order valence-electron chi connectivity index (χ0n) is 11.6. The zero-order valence-corrected chi connectivity index (χ0v) is 11.6. The van der Waals surface area contributed by atoms with Gasteiger partial charge in [-0.05, 0) is 38.3 Å². The monoisotopic (exact) mass is 254 g/mol. The maximum atomic E-state index is 10.6. The Hall–Kier alpha value is -1.58. The summed E-state index contributed by atoms with van der Waals surface area (Å²) in [7, 11) is 0. The van der Waals surface area contributed by atoms with Crippen molar-refractivity contribution in [2.75, 3.05) is 13.2 Å². The highest BCUT2D eigenvalue weighted by atomic mass is 16.5. The Bertz CT molecular complexity index is 340. The lowest BCUT2D eigenvalue weighted by Gasteiger charge is -2.03. The summed E-state index contributed by atoms with van der Waals surface area (Å²) >= 11 is 0. The maximum absolute atomic E-state index is 10.6. The molecule has 0 amide bonds. The molecule has 0 atom stereocenters. The normalized spacial score (nSPS) is 12.2. The van der Waals surface area contributed by atoms with Crippen molar-refractivity contribution in [2.45, 2.75) is 40.5 Å². The van der Waals surface area contributed by atoms with Crippen LogP contribution in [-0.2, 0) is 19.1 Å². The molecule has 0 unspecified atom stereocenters. The molecule has 0 aromatic rings. The quantitative estimate of drug-likeness (QED) is 0.518. The molecule has 0 heterocycles. The van der Waals surface area contributed by atoms with E-state index in [0.29, 0.717) is 13.2 Å². The summed E-state index contributed by atoms with van der Waals surface area (Å²) in [5.74, 6) is -0.531. The fourth-order valence-electron chi connectivity index (χ4n) is 1.22. The first-order valence-corrected chi connectivity index (χ1v) is 5.99. The molecular formula is C14H22O4. The van der Waals surface area contributed by atoms with Gasteiger partial charge in [0.25, 0.3) is 0 Å². The minimum atomic E-state index is -0.267. The largest absolute Gasteiger partial charge is 0.462 e. The molecule has 0 rings (SSSR count). The molecule has 0 saturated heterocycles. The van der Waals surface area contributed by atoms with Crippen LogP contribution in [0.2, 0.25) is 0 Å². The molecule has 0 bridgehead atoms. The first-order chi connectivity index (χ1) is 8.41. The van der Waals surface area contributed by atoms with Gasteiger partial charge in [0.05, 0.1) is 0 Å². The molecule has 102 valence electrons. The van der Waals surface area contributed by atoms with E-state index >= 15 is 0 Å². The van der Waals surface area contributed by atoms with Gasteiger partial charge in [-0.25, -0.2) is 0 Å². The Morgan fingerprint density at radius 1 is 0.889 bits per heavy atom. The van der Waals surface area contributed by atoms with E-state index in [1.807, 2.05) is 26.0 Å². The summed E-state index contributed by atoms with van der Waals surface area (Å²) < 4.78 is 9.69. The van der Waals surface area contributed by atoms with Crippen molar-refractivity contribution in [3.8, 4) is 0 Å². The van der Waals surface area contributed by atoms with Crippen LogP contribution >= 0.6 is 0 Å². The third-order valence-electron chi connectivity index (χ3n) is 2.25. The molecule has 0 N–H and O–H groups in total. The van der Waals surface area contributed by atoms with Gasteiger partial charge in [-0.15, -0.1) is 0 Å². The standard InChI is InChI=1S/C14H22O4/c1-11(8-9-17-13(3)15)6-5-7-12(2)10-18-14(4)16/h7-8H,5-6,9-10H2,1-4H3/b11-8+,12-7-. The lowest BCUT2D eigenvalue weighted by molar-refractivity contribution is -0.140. The summed E-state index contributed by atoms with van der Waals surface area (Å²) in [6.07, 6.45) is 5.73. The fourth-order valence-corrected chi connectivity index (χ4v) is 1.22. The van der Waals surface area contributed by atoms with Crippen LogP contribution in [0.15, 0.2) is 23.3 Å². The van der Waals surface area contributed by atoms with Crippen LogP contribution in [0.1, 0.15) is 40.5 Å². The van der Waals surface area contributed by atoms with Gasteiger partial charge in [0.15, 0.2) is 0 Å². The van der Waals surface area contributed by atoms with E-state index < -0.39 is 0 Å². The highest BCUT2D eigenvalue weighted by Crippen LogP contribution is 2.07. The summed E-state index contributed by atoms with van der Waals surface area (Å²) in [5.41, 5.74) is 2.21. The molecule has 0 aromatic carbocycles. The highest BCUT2D eigenvalue weighted by molar-refractivity contribution is 5.66. The number of esters is 2. The van der Waals surface area contributed by atoms with Crippen LogP contribution in [0.4, 0.5) is 0 Å². The predicted octanol–water partition coefficient (Wildman–Crippen LogP) is 2.79. The van der Waals surface area contributed by atoms with Crippen molar-refractivity contribution in [2.24, 2.45) is 0 Å². The van der Waals surface area contributed by atoms with Crippen LogP contribution in [0, 0.1) is 0 Å². The van der Waals surface area contributed by atoms with Crippen LogP contribution in [0.25, 0.3) is 0 Å². The second-order valence-corrected chi connectivity index (χ2v) is 4.22. The molecule has 4 nitrogen and oxygen atoms in total. The molecule has 18 heavy (non-hydrogen) atoms. The number of rotatable bonds is 7. The fraction of sp³-hybridized carbons (Fsp3) is 0.571. The molecular weight excluding hydrogens is 232 g/mol. The molecule has 4 heteroatoms. The van der Waals surface area contributed by atoms with E-state index in [9.17, 15) is 9.59 Å². The molecule has 0 aliphatic carbocycles.